The van der Waals surface area contributed by atoms with Crippen LogP contribution in [-0.4, -0.2) is 36.3 Å². The number of likely N-dealkylation sites (N-methyl/N-ethyl adjacent to an activating group) is 1. The minimum Gasteiger partial charge on any atom is -0.325 e. The standard InChI is InChI=1S/C19H18Cl2N4O2/c1-12(19(27)24-14-5-3-4-13(8-14)10-22)25(2)11-18(26)23-15-6-7-16(20)17(21)9-15/h3-9,12H,11H2,1-2H3,(H,23,26)(H,24,27)/t12-/m1/s1. The predicted octanol–water partition coefficient (Wildman–Crippen LogP) is 3.76. The first-order valence-electron chi connectivity index (χ1n) is 8.06. The van der Waals surface area contributed by atoms with Gasteiger partial charge >= 0.3 is 0 Å². The molecule has 2 amide bonds. The molecule has 2 aromatic rings. The highest BCUT2D eigenvalue weighted by Gasteiger charge is 2.20. The van der Waals surface area contributed by atoms with Crippen LogP contribution in [0, 0.1) is 11.3 Å². The van der Waals surface area contributed by atoms with E-state index in [0.29, 0.717) is 27.0 Å². The highest BCUT2D eigenvalue weighted by Crippen LogP contribution is 2.25. The summed E-state index contributed by atoms with van der Waals surface area (Å²) in [6, 6.07) is 12.9. The molecule has 1 atom stereocenters. The molecule has 0 bridgehead atoms. The molecule has 6 nitrogen and oxygen atoms in total. The first kappa shape index (κ1) is 20.7. The van der Waals surface area contributed by atoms with Crippen LogP contribution in [0.25, 0.3) is 0 Å². The Morgan fingerprint density at radius 2 is 1.81 bits per heavy atom. The number of carbonyl (C=O) groups excluding carboxylic acids is 2. The Kier molecular flexibility index (Phi) is 7.19. The van der Waals surface area contributed by atoms with Crippen LogP contribution in [-0.2, 0) is 9.59 Å². The van der Waals surface area contributed by atoms with E-state index in [1.54, 1.807) is 61.3 Å². The third-order valence-corrected chi connectivity index (χ3v) is 4.64. The van der Waals surface area contributed by atoms with Gasteiger partial charge in [-0.3, -0.25) is 14.5 Å². The summed E-state index contributed by atoms with van der Waals surface area (Å²) in [5, 5.41) is 15.1. The number of rotatable bonds is 6. The van der Waals surface area contributed by atoms with E-state index in [9.17, 15) is 9.59 Å². The van der Waals surface area contributed by atoms with E-state index in [1.165, 1.54) is 0 Å². The van der Waals surface area contributed by atoms with E-state index in [-0.39, 0.29) is 18.4 Å². The fourth-order valence-corrected chi connectivity index (χ4v) is 2.55. The summed E-state index contributed by atoms with van der Waals surface area (Å²) in [4.78, 5) is 26.2. The SMILES string of the molecule is C[C@H](C(=O)Nc1cccc(C#N)c1)N(C)CC(=O)Nc1ccc(Cl)c(Cl)c1. The molecule has 8 heteroatoms. The van der Waals surface area contributed by atoms with Crippen molar-refractivity contribution in [2.75, 3.05) is 24.2 Å². The highest BCUT2D eigenvalue weighted by atomic mass is 35.5. The van der Waals surface area contributed by atoms with Crippen LogP contribution >= 0.6 is 23.2 Å². The van der Waals surface area contributed by atoms with Gasteiger partial charge in [-0.15, -0.1) is 0 Å². The third kappa shape index (κ3) is 5.97. The molecule has 0 saturated heterocycles. The summed E-state index contributed by atoms with van der Waals surface area (Å²) >= 11 is 11.8. The average Bonchev–Trinajstić information content (AvgIpc) is 2.64. The van der Waals surface area contributed by atoms with Gasteiger partial charge in [0.2, 0.25) is 11.8 Å². The first-order chi connectivity index (χ1) is 12.8. The van der Waals surface area contributed by atoms with Crippen molar-refractivity contribution >= 4 is 46.4 Å². The second-order valence-electron chi connectivity index (χ2n) is 5.95. The first-order valence-corrected chi connectivity index (χ1v) is 8.82. The number of nitrogens with zero attached hydrogens (tertiary/aromatic N) is 2. The second kappa shape index (κ2) is 9.38. The van der Waals surface area contributed by atoms with Crippen LogP contribution in [0.1, 0.15) is 12.5 Å². The fraction of sp³-hybridized carbons (Fsp3) is 0.211. The van der Waals surface area contributed by atoms with E-state index in [0.717, 1.165) is 0 Å². The van der Waals surface area contributed by atoms with Gasteiger partial charge in [-0.25, -0.2) is 0 Å². The lowest BCUT2D eigenvalue weighted by molar-refractivity contribution is -0.122. The van der Waals surface area contributed by atoms with Crippen molar-refractivity contribution in [1.29, 1.82) is 5.26 Å². The molecule has 0 unspecified atom stereocenters. The van der Waals surface area contributed by atoms with Crippen molar-refractivity contribution in [1.82, 2.24) is 4.90 Å². The Bertz CT molecular complexity index is 896. The molecule has 140 valence electrons. The molecule has 0 aliphatic rings. The molecule has 27 heavy (non-hydrogen) atoms. The zero-order valence-corrected chi connectivity index (χ0v) is 16.3. The van der Waals surface area contributed by atoms with Gasteiger partial charge in [-0.2, -0.15) is 5.26 Å². The molecular weight excluding hydrogens is 387 g/mol. The van der Waals surface area contributed by atoms with Crippen LogP contribution in [0.15, 0.2) is 42.5 Å². The van der Waals surface area contributed by atoms with Crippen molar-refractivity contribution < 1.29 is 9.59 Å². The monoisotopic (exact) mass is 404 g/mol. The average molecular weight is 405 g/mol. The zero-order chi connectivity index (χ0) is 20.0. The number of amides is 2. The predicted molar refractivity (Wildman–Crippen MR) is 107 cm³/mol. The lowest BCUT2D eigenvalue weighted by Crippen LogP contribution is -2.43. The van der Waals surface area contributed by atoms with Crippen molar-refractivity contribution in [3.05, 3.63) is 58.1 Å². The van der Waals surface area contributed by atoms with Crippen LogP contribution in [0.3, 0.4) is 0 Å². The second-order valence-corrected chi connectivity index (χ2v) is 6.76. The number of anilines is 2. The minimum absolute atomic E-state index is 0.00701. The molecule has 0 aliphatic carbocycles. The molecule has 0 radical (unpaired) electrons. The molecule has 0 fully saturated rings. The number of nitrogens with one attached hydrogen (secondary N) is 2. The van der Waals surface area contributed by atoms with Crippen LogP contribution in [0.4, 0.5) is 11.4 Å². The quantitative estimate of drug-likeness (QED) is 0.767. The van der Waals surface area contributed by atoms with E-state index >= 15 is 0 Å². The lowest BCUT2D eigenvalue weighted by atomic mass is 10.2. The van der Waals surface area contributed by atoms with Crippen molar-refractivity contribution in [3.8, 4) is 6.07 Å². The van der Waals surface area contributed by atoms with Crippen molar-refractivity contribution in [2.45, 2.75) is 13.0 Å². The largest absolute Gasteiger partial charge is 0.325 e. The number of carbonyl (C=O) groups is 2. The summed E-state index contributed by atoms with van der Waals surface area (Å²) in [5.74, 6) is -0.572. The van der Waals surface area contributed by atoms with Crippen molar-refractivity contribution in [2.24, 2.45) is 0 Å². The molecule has 0 aromatic heterocycles. The third-order valence-electron chi connectivity index (χ3n) is 3.90. The lowest BCUT2D eigenvalue weighted by Gasteiger charge is -2.23. The van der Waals surface area contributed by atoms with E-state index in [4.69, 9.17) is 28.5 Å². The molecule has 2 N–H and O–H groups in total. The molecule has 0 spiro atoms. The normalized spacial score (nSPS) is 11.6. The van der Waals surface area contributed by atoms with Gasteiger partial charge in [0.15, 0.2) is 0 Å². The van der Waals surface area contributed by atoms with E-state index in [2.05, 4.69) is 10.6 Å². The number of nitriles is 1. The maximum Gasteiger partial charge on any atom is 0.241 e. The molecule has 0 saturated carbocycles. The summed E-state index contributed by atoms with van der Waals surface area (Å²) in [5.41, 5.74) is 1.50. The Labute approximate surface area is 167 Å². The Hall–Kier alpha value is -2.59. The molecule has 2 aromatic carbocycles. The maximum atomic E-state index is 12.4. The fourth-order valence-electron chi connectivity index (χ4n) is 2.25. The summed E-state index contributed by atoms with van der Waals surface area (Å²) < 4.78 is 0. The minimum atomic E-state index is -0.560. The van der Waals surface area contributed by atoms with E-state index in [1.807, 2.05) is 6.07 Å². The van der Waals surface area contributed by atoms with Crippen LogP contribution < -0.4 is 10.6 Å². The molecular formula is C19H18Cl2N4O2. The van der Waals surface area contributed by atoms with Gasteiger partial charge in [-0.05, 0) is 50.4 Å². The summed E-state index contributed by atoms with van der Waals surface area (Å²) in [7, 11) is 1.67. The van der Waals surface area contributed by atoms with Gasteiger partial charge in [0.05, 0.1) is 34.3 Å². The molecule has 2 rings (SSSR count). The Balaban J connectivity index is 1.92. The van der Waals surface area contributed by atoms with Gasteiger partial charge < -0.3 is 10.6 Å². The van der Waals surface area contributed by atoms with Crippen LogP contribution in [0.5, 0.6) is 0 Å². The van der Waals surface area contributed by atoms with Gasteiger partial charge in [0, 0.05) is 11.4 Å². The number of hydrogen-bond donors (Lipinski definition) is 2. The zero-order valence-electron chi connectivity index (χ0n) is 14.8. The summed E-state index contributed by atoms with van der Waals surface area (Å²) in [6.07, 6.45) is 0. The number of halogens is 2. The number of hydrogen-bond acceptors (Lipinski definition) is 4. The molecule has 0 aliphatic heterocycles. The van der Waals surface area contributed by atoms with Crippen LogP contribution in [0.2, 0.25) is 10.0 Å². The molecule has 0 heterocycles. The topological polar surface area (TPSA) is 85.2 Å². The summed E-state index contributed by atoms with van der Waals surface area (Å²) in [6.45, 7) is 1.70. The Morgan fingerprint density at radius 3 is 2.48 bits per heavy atom. The van der Waals surface area contributed by atoms with E-state index < -0.39 is 6.04 Å². The van der Waals surface area contributed by atoms with Gasteiger partial charge in [-0.1, -0.05) is 29.3 Å². The van der Waals surface area contributed by atoms with Gasteiger partial charge in [0.25, 0.3) is 0 Å². The Morgan fingerprint density at radius 1 is 1.11 bits per heavy atom. The highest BCUT2D eigenvalue weighted by molar-refractivity contribution is 6.42. The maximum absolute atomic E-state index is 12.4. The number of benzene rings is 2. The van der Waals surface area contributed by atoms with Gasteiger partial charge in [0.1, 0.15) is 0 Å². The van der Waals surface area contributed by atoms with Crippen molar-refractivity contribution in [3.63, 3.8) is 0 Å². The smallest absolute Gasteiger partial charge is 0.241 e.